The second kappa shape index (κ2) is 8.51. The SMILES string of the molecule is O=C1OCC(CCSCCSCCC2COC(=O)O2)O1. The molecule has 2 atom stereocenters. The van der Waals surface area contributed by atoms with Crippen molar-refractivity contribution in [3.8, 4) is 0 Å². The minimum absolute atomic E-state index is 0.0697. The maximum absolute atomic E-state index is 10.7. The molecule has 0 aromatic heterocycles. The summed E-state index contributed by atoms with van der Waals surface area (Å²) in [4.78, 5) is 21.4. The third kappa shape index (κ3) is 5.70. The molecular formula is C12H18O6S2. The lowest BCUT2D eigenvalue weighted by Gasteiger charge is -2.07. The highest BCUT2D eigenvalue weighted by atomic mass is 32.2. The van der Waals surface area contributed by atoms with E-state index in [4.69, 9.17) is 18.9 Å². The first-order valence-electron chi connectivity index (χ1n) is 6.56. The van der Waals surface area contributed by atoms with E-state index in [1.54, 1.807) is 0 Å². The molecule has 0 aromatic rings. The Morgan fingerprint density at radius 2 is 1.25 bits per heavy atom. The lowest BCUT2D eigenvalue weighted by molar-refractivity contribution is 0.116. The third-order valence-corrected chi connectivity index (χ3v) is 5.13. The van der Waals surface area contributed by atoms with Crippen LogP contribution in [0.1, 0.15) is 12.8 Å². The fraction of sp³-hybridized carbons (Fsp3) is 0.833. The first kappa shape index (κ1) is 15.6. The largest absolute Gasteiger partial charge is 0.508 e. The smallest absolute Gasteiger partial charge is 0.430 e. The van der Waals surface area contributed by atoms with Crippen molar-refractivity contribution in [3.05, 3.63) is 0 Å². The standard InChI is InChI=1S/C12H18O6S2/c13-11-15-7-9(17-11)1-3-19-5-6-20-4-2-10-8-16-12(14)18-10/h9-10H,1-8H2. The minimum atomic E-state index is -0.549. The van der Waals surface area contributed by atoms with Gasteiger partial charge < -0.3 is 18.9 Å². The highest BCUT2D eigenvalue weighted by Crippen LogP contribution is 2.16. The van der Waals surface area contributed by atoms with Gasteiger partial charge in [0.2, 0.25) is 0 Å². The fourth-order valence-corrected chi connectivity index (χ4v) is 3.98. The molecule has 2 unspecified atom stereocenters. The van der Waals surface area contributed by atoms with E-state index in [0.717, 1.165) is 35.9 Å². The van der Waals surface area contributed by atoms with Gasteiger partial charge in [0.1, 0.15) is 25.4 Å². The van der Waals surface area contributed by atoms with Crippen LogP contribution in [-0.4, -0.2) is 60.7 Å². The van der Waals surface area contributed by atoms with Gasteiger partial charge in [0, 0.05) is 11.5 Å². The topological polar surface area (TPSA) is 71.1 Å². The average Bonchev–Trinajstić information content (AvgIpc) is 3.02. The van der Waals surface area contributed by atoms with E-state index in [2.05, 4.69) is 0 Å². The van der Waals surface area contributed by atoms with E-state index in [1.807, 2.05) is 23.5 Å². The van der Waals surface area contributed by atoms with Crippen LogP contribution >= 0.6 is 23.5 Å². The molecule has 2 aliphatic heterocycles. The Bertz CT molecular complexity index is 306. The molecule has 2 saturated heterocycles. The number of hydrogen-bond donors (Lipinski definition) is 0. The number of carbonyl (C=O) groups is 2. The summed E-state index contributed by atoms with van der Waals surface area (Å²) < 4.78 is 19.3. The summed E-state index contributed by atoms with van der Waals surface area (Å²) in [7, 11) is 0. The van der Waals surface area contributed by atoms with Crippen LogP contribution in [0.15, 0.2) is 0 Å². The van der Waals surface area contributed by atoms with Gasteiger partial charge in [-0.25, -0.2) is 9.59 Å². The van der Waals surface area contributed by atoms with Crippen LogP contribution in [-0.2, 0) is 18.9 Å². The van der Waals surface area contributed by atoms with Gasteiger partial charge in [-0.1, -0.05) is 0 Å². The van der Waals surface area contributed by atoms with E-state index < -0.39 is 12.3 Å². The molecule has 0 spiro atoms. The molecule has 0 N–H and O–H groups in total. The van der Waals surface area contributed by atoms with Gasteiger partial charge in [0.25, 0.3) is 0 Å². The van der Waals surface area contributed by atoms with Crippen molar-refractivity contribution >= 4 is 35.8 Å². The molecule has 20 heavy (non-hydrogen) atoms. The maximum Gasteiger partial charge on any atom is 0.508 e. The van der Waals surface area contributed by atoms with E-state index in [9.17, 15) is 9.59 Å². The Morgan fingerprint density at radius 3 is 1.60 bits per heavy atom. The summed E-state index contributed by atoms with van der Waals surface area (Å²) in [5.74, 6) is 4.06. The van der Waals surface area contributed by atoms with Crippen LogP contribution in [0.4, 0.5) is 9.59 Å². The lowest BCUT2D eigenvalue weighted by atomic mass is 10.3. The molecule has 2 fully saturated rings. The second-order valence-electron chi connectivity index (χ2n) is 4.40. The van der Waals surface area contributed by atoms with Crippen LogP contribution in [0.25, 0.3) is 0 Å². The van der Waals surface area contributed by atoms with Gasteiger partial charge in [0.15, 0.2) is 0 Å². The zero-order chi connectivity index (χ0) is 14.2. The number of thioether (sulfide) groups is 2. The summed E-state index contributed by atoms with van der Waals surface area (Å²) in [6.45, 7) is 0.770. The molecule has 2 aliphatic rings. The lowest BCUT2D eigenvalue weighted by Crippen LogP contribution is -2.11. The van der Waals surface area contributed by atoms with Crippen LogP contribution in [0.5, 0.6) is 0 Å². The number of cyclic esters (lactones) is 4. The van der Waals surface area contributed by atoms with Crippen molar-refractivity contribution in [2.45, 2.75) is 25.0 Å². The summed E-state index contributed by atoms with van der Waals surface area (Å²) in [5.41, 5.74) is 0. The van der Waals surface area contributed by atoms with Crippen LogP contribution in [0.2, 0.25) is 0 Å². The first-order chi connectivity index (χ1) is 9.74. The monoisotopic (exact) mass is 322 g/mol. The number of ether oxygens (including phenoxy) is 4. The summed E-state index contributed by atoms with van der Waals surface area (Å²) in [6, 6.07) is 0. The highest BCUT2D eigenvalue weighted by Gasteiger charge is 2.25. The molecule has 8 heteroatoms. The Kier molecular flexibility index (Phi) is 6.65. The third-order valence-electron chi connectivity index (χ3n) is 2.84. The van der Waals surface area contributed by atoms with E-state index >= 15 is 0 Å². The van der Waals surface area contributed by atoms with Crippen LogP contribution in [0.3, 0.4) is 0 Å². The van der Waals surface area contributed by atoms with Crippen molar-refractivity contribution in [1.82, 2.24) is 0 Å². The molecule has 0 aliphatic carbocycles. The minimum Gasteiger partial charge on any atom is -0.430 e. The summed E-state index contributed by atoms with van der Waals surface area (Å²) >= 11 is 3.69. The zero-order valence-corrected chi connectivity index (χ0v) is 12.7. The highest BCUT2D eigenvalue weighted by molar-refractivity contribution is 8.02. The van der Waals surface area contributed by atoms with Crippen molar-refractivity contribution in [2.24, 2.45) is 0 Å². The zero-order valence-electron chi connectivity index (χ0n) is 11.1. The van der Waals surface area contributed by atoms with Gasteiger partial charge >= 0.3 is 12.3 Å². The van der Waals surface area contributed by atoms with Crippen LogP contribution < -0.4 is 0 Å². The molecule has 0 radical (unpaired) electrons. The van der Waals surface area contributed by atoms with Crippen molar-refractivity contribution in [1.29, 1.82) is 0 Å². The molecular weight excluding hydrogens is 304 g/mol. The molecule has 0 saturated carbocycles. The molecule has 114 valence electrons. The predicted octanol–water partition coefficient (Wildman–Crippen LogP) is 2.30. The molecule has 0 bridgehead atoms. The Hall–Kier alpha value is -0.760. The summed E-state index contributed by atoms with van der Waals surface area (Å²) in [5, 5.41) is 0. The number of rotatable bonds is 9. The Morgan fingerprint density at radius 1 is 0.800 bits per heavy atom. The Balaban J connectivity index is 1.35. The molecule has 6 nitrogen and oxygen atoms in total. The molecule has 2 heterocycles. The molecule has 2 rings (SSSR count). The van der Waals surface area contributed by atoms with E-state index in [-0.39, 0.29) is 12.2 Å². The second-order valence-corrected chi connectivity index (χ2v) is 6.85. The normalized spacial score (nSPS) is 25.0. The number of carbonyl (C=O) groups excluding carboxylic acids is 2. The van der Waals surface area contributed by atoms with Gasteiger partial charge in [-0.05, 0) is 24.3 Å². The van der Waals surface area contributed by atoms with Gasteiger partial charge in [-0.3, -0.25) is 0 Å². The predicted molar refractivity (Wildman–Crippen MR) is 76.3 cm³/mol. The molecule has 0 aromatic carbocycles. The summed E-state index contributed by atoms with van der Waals surface area (Å²) in [6.07, 6.45) is 0.450. The maximum atomic E-state index is 10.7. The van der Waals surface area contributed by atoms with Gasteiger partial charge in [-0.2, -0.15) is 23.5 Å². The first-order valence-corrected chi connectivity index (χ1v) is 8.87. The van der Waals surface area contributed by atoms with Crippen LogP contribution in [0, 0.1) is 0 Å². The number of hydrogen-bond acceptors (Lipinski definition) is 8. The van der Waals surface area contributed by atoms with Gasteiger partial charge in [0.05, 0.1) is 0 Å². The quantitative estimate of drug-likeness (QED) is 0.473. The van der Waals surface area contributed by atoms with Crippen molar-refractivity contribution < 1.29 is 28.5 Å². The average molecular weight is 322 g/mol. The van der Waals surface area contributed by atoms with Gasteiger partial charge in [-0.15, -0.1) is 0 Å². The van der Waals surface area contributed by atoms with Crippen molar-refractivity contribution in [3.63, 3.8) is 0 Å². The van der Waals surface area contributed by atoms with Crippen molar-refractivity contribution in [2.75, 3.05) is 36.2 Å². The van der Waals surface area contributed by atoms with E-state index in [0.29, 0.717) is 13.2 Å². The molecule has 0 amide bonds. The van der Waals surface area contributed by atoms with E-state index in [1.165, 1.54) is 0 Å². The Labute approximate surface area is 126 Å². The fourth-order valence-electron chi connectivity index (χ4n) is 1.77.